The number of amides is 1. The number of hydrogen-bond acceptors (Lipinski definition) is 5. The number of rotatable bonds is 6. The van der Waals surface area contributed by atoms with Crippen LogP contribution in [0.3, 0.4) is 0 Å². The minimum Gasteiger partial charge on any atom is -0.484 e. The van der Waals surface area contributed by atoms with E-state index >= 15 is 4.39 Å². The SMILES string of the molecule is O=C(O)c1cn(C2CC2)c2cc(N3CCN(C(=O)COc4ccccc4)CC3)c(F)cc2c1=O. The van der Waals surface area contributed by atoms with Gasteiger partial charge in [-0.1, -0.05) is 18.2 Å². The molecule has 8 nitrogen and oxygen atoms in total. The lowest BCUT2D eigenvalue weighted by Crippen LogP contribution is -2.50. The normalized spacial score (nSPS) is 16.0. The van der Waals surface area contributed by atoms with E-state index in [9.17, 15) is 19.5 Å². The molecule has 0 spiro atoms. The van der Waals surface area contributed by atoms with Gasteiger partial charge in [-0.3, -0.25) is 9.59 Å². The van der Waals surface area contributed by atoms with Gasteiger partial charge in [0.05, 0.1) is 11.2 Å². The van der Waals surface area contributed by atoms with Gasteiger partial charge in [-0.2, -0.15) is 0 Å². The zero-order valence-electron chi connectivity index (χ0n) is 18.4. The van der Waals surface area contributed by atoms with Gasteiger partial charge >= 0.3 is 5.97 Å². The monoisotopic (exact) mass is 465 g/mol. The highest BCUT2D eigenvalue weighted by molar-refractivity contribution is 5.93. The molecule has 0 radical (unpaired) electrons. The number of ether oxygens (including phenoxy) is 1. The Kier molecular flexibility index (Phi) is 5.69. The van der Waals surface area contributed by atoms with Crippen molar-refractivity contribution >= 4 is 28.5 Å². The number of aromatic carboxylic acids is 1. The van der Waals surface area contributed by atoms with Crippen LogP contribution >= 0.6 is 0 Å². The van der Waals surface area contributed by atoms with Crippen LogP contribution in [0.4, 0.5) is 10.1 Å². The van der Waals surface area contributed by atoms with E-state index in [1.54, 1.807) is 27.7 Å². The van der Waals surface area contributed by atoms with Gasteiger partial charge < -0.3 is 24.2 Å². The molecule has 1 saturated heterocycles. The largest absolute Gasteiger partial charge is 0.484 e. The zero-order chi connectivity index (χ0) is 23.8. The maximum atomic E-state index is 15.1. The van der Waals surface area contributed by atoms with E-state index in [2.05, 4.69) is 0 Å². The number of carbonyl (C=O) groups is 2. The first kappa shape index (κ1) is 21.9. The van der Waals surface area contributed by atoms with Crippen molar-refractivity contribution in [3.63, 3.8) is 0 Å². The quantitative estimate of drug-likeness (QED) is 0.602. The third kappa shape index (κ3) is 4.21. The lowest BCUT2D eigenvalue weighted by atomic mass is 10.1. The molecule has 1 N–H and O–H groups in total. The van der Waals surface area contributed by atoms with E-state index in [0.717, 1.165) is 18.9 Å². The molecule has 0 unspecified atom stereocenters. The first-order valence-electron chi connectivity index (χ1n) is 11.2. The lowest BCUT2D eigenvalue weighted by molar-refractivity contribution is -0.133. The summed E-state index contributed by atoms with van der Waals surface area (Å²) in [4.78, 5) is 40.2. The van der Waals surface area contributed by atoms with Crippen LogP contribution in [-0.2, 0) is 4.79 Å². The Labute approximate surface area is 194 Å². The van der Waals surface area contributed by atoms with Crippen molar-refractivity contribution in [1.29, 1.82) is 0 Å². The van der Waals surface area contributed by atoms with Gasteiger partial charge in [-0.15, -0.1) is 0 Å². The van der Waals surface area contributed by atoms with E-state index in [4.69, 9.17) is 4.74 Å². The Bertz CT molecular complexity index is 1310. The predicted molar refractivity (Wildman–Crippen MR) is 124 cm³/mol. The molecule has 3 aromatic rings. The minimum absolute atomic E-state index is 0.0616. The maximum Gasteiger partial charge on any atom is 0.341 e. The van der Waals surface area contributed by atoms with Crippen LogP contribution in [0.25, 0.3) is 10.9 Å². The molecule has 0 bridgehead atoms. The van der Waals surface area contributed by atoms with Gasteiger partial charge in [0.15, 0.2) is 6.61 Å². The topological polar surface area (TPSA) is 92.1 Å². The fourth-order valence-electron chi connectivity index (χ4n) is 4.36. The number of aromatic nitrogens is 1. The van der Waals surface area contributed by atoms with Crippen LogP contribution in [0.2, 0.25) is 0 Å². The van der Waals surface area contributed by atoms with Crippen LogP contribution in [-0.4, -0.2) is 59.2 Å². The average molecular weight is 465 g/mol. The van der Waals surface area contributed by atoms with Gasteiger partial charge in [-0.25, -0.2) is 9.18 Å². The number of benzene rings is 2. The number of carbonyl (C=O) groups excluding carboxylic acids is 1. The lowest BCUT2D eigenvalue weighted by Gasteiger charge is -2.36. The van der Waals surface area contributed by atoms with Gasteiger partial charge in [0.1, 0.15) is 17.1 Å². The number of piperazine rings is 1. The minimum atomic E-state index is -1.32. The second-order valence-corrected chi connectivity index (χ2v) is 8.61. The molecule has 176 valence electrons. The Morgan fingerprint density at radius 2 is 1.76 bits per heavy atom. The smallest absolute Gasteiger partial charge is 0.341 e. The number of para-hydroxylation sites is 1. The van der Waals surface area contributed by atoms with Crippen LogP contribution in [0, 0.1) is 5.82 Å². The van der Waals surface area contributed by atoms with E-state index in [-0.39, 0.29) is 29.5 Å². The summed E-state index contributed by atoms with van der Waals surface area (Å²) in [5.74, 6) is -1.41. The first-order chi connectivity index (χ1) is 16.4. The van der Waals surface area contributed by atoms with Gasteiger partial charge in [0, 0.05) is 43.8 Å². The fourth-order valence-corrected chi connectivity index (χ4v) is 4.36. The summed E-state index contributed by atoms with van der Waals surface area (Å²) in [5.41, 5.74) is -0.157. The van der Waals surface area contributed by atoms with Gasteiger partial charge in [0.25, 0.3) is 5.91 Å². The fraction of sp³-hybridized carbons (Fsp3) is 0.320. The molecular weight excluding hydrogens is 441 g/mol. The second-order valence-electron chi connectivity index (χ2n) is 8.61. The summed E-state index contributed by atoms with van der Waals surface area (Å²) < 4.78 is 22.4. The Morgan fingerprint density at radius 1 is 1.06 bits per heavy atom. The Morgan fingerprint density at radius 3 is 2.41 bits per heavy atom. The highest BCUT2D eigenvalue weighted by atomic mass is 19.1. The summed E-state index contributed by atoms with van der Waals surface area (Å²) in [6.45, 7) is 1.64. The van der Waals surface area contributed by atoms with E-state index in [0.29, 0.717) is 43.1 Å². The van der Waals surface area contributed by atoms with Gasteiger partial charge in [-0.05, 0) is 37.1 Å². The number of nitrogens with zero attached hydrogens (tertiary/aromatic N) is 3. The number of carboxylic acid groups (broad SMARTS) is 1. The number of anilines is 1. The van der Waals surface area contributed by atoms with Crippen molar-refractivity contribution in [1.82, 2.24) is 9.47 Å². The maximum absolute atomic E-state index is 15.1. The number of carboxylic acids is 1. The Balaban J connectivity index is 1.34. The number of halogens is 1. The molecule has 9 heteroatoms. The van der Waals surface area contributed by atoms with Crippen molar-refractivity contribution in [2.45, 2.75) is 18.9 Å². The zero-order valence-corrected chi connectivity index (χ0v) is 18.4. The number of pyridine rings is 1. The molecule has 1 amide bonds. The van der Waals surface area contributed by atoms with Crippen LogP contribution in [0.5, 0.6) is 5.75 Å². The molecule has 0 atom stereocenters. The molecule has 1 saturated carbocycles. The summed E-state index contributed by atoms with van der Waals surface area (Å²) in [6, 6.07) is 12.0. The molecule has 2 fully saturated rings. The van der Waals surface area contributed by atoms with Gasteiger partial charge in [0.2, 0.25) is 5.43 Å². The van der Waals surface area contributed by atoms with E-state index in [1.165, 1.54) is 6.20 Å². The molecular formula is C25H24FN3O5. The third-order valence-electron chi connectivity index (χ3n) is 6.35. The first-order valence-corrected chi connectivity index (χ1v) is 11.2. The highest BCUT2D eigenvalue weighted by Gasteiger charge is 2.29. The van der Waals surface area contributed by atoms with Crippen molar-refractivity contribution in [2.75, 3.05) is 37.7 Å². The van der Waals surface area contributed by atoms with Crippen molar-refractivity contribution < 1.29 is 23.8 Å². The highest BCUT2D eigenvalue weighted by Crippen LogP contribution is 2.38. The summed E-state index contributed by atoms with van der Waals surface area (Å²) in [6.07, 6.45) is 3.14. The molecule has 1 aliphatic carbocycles. The van der Waals surface area contributed by atoms with Crippen LogP contribution < -0.4 is 15.1 Å². The van der Waals surface area contributed by atoms with Crippen molar-refractivity contribution in [3.8, 4) is 5.75 Å². The predicted octanol–water partition coefficient (Wildman–Crippen LogP) is 2.90. The molecule has 2 heterocycles. The molecule has 1 aliphatic heterocycles. The van der Waals surface area contributed by atoms with Crippen molar-refractivity contribution in [3.05, 3.63) is 70.3 Å². The van der Waals surface area contributed by atoms with E-state index in [1.807, 2.05) is 23.1 Å². The molecule has 1 aromatic heterocycles. The summed E-state index contributed by atoms with van der Waals surface area (Å²) in [5, 5.41) is 9.47. The van der Waals surface area contributed by atoms with Crippen LogP contribution in [0.15, 0.2) is 53.5 Å². The summed E-state index contributed by atoms with van der Waals surface area (Å²) in [7, 11) is 0. The number of hydrogen-bond donors (Lipinski definition) is 1. The molecule has 2 aromatic carbocycles. The van der Waals surface area contributed by atoms with E-state index < -0.39 is 17.2 Å². The van der Waals surface area contributed by atoms with Crippen LogP contribution in [0.1, 0.15) is 29.2 Å². The Hall–Kier alpha value is -3.88. The molecule has 34 heavy (non-hydrogen) atoms. The summed E-state index contributed by atoms with van der Waals surface area (Å²) >= 11 is 0. The standard InChI is InChI=1S/C25H24FN3O5/c26-20-12-18-21(29(16-6-7-16)14-19(24(18)31)25(32)33)13-22(20)27-8-10-28(11-9-27)23(30)15-34-17-4-2-1-3-5-17/h1-5,12-14,16H,6-11,15H2,(H,32,33). The number of fused-ring (bicyclic) bond motifs is 1. The van der Waals surface area contributed by atoms with Crippen molar-refractivity contribution in [2.24, 2.45) is 0 Å². The second kappa shape index (κ2) is 8.81. The molecule has 2 aliphatic rings. The third-order valence-corrected chi connectivity index (χ3v) is 6.35. The average Bonchev–Trinajstić information content (AvgIpc) is 3.69. The molecule has 5 rings (SSSR count).